The van der Waals surface area contributed by atoms with Crippen molar-refractivity contribution in [2.75, 3.05) is 25.5 Å². The third kappa shape index (κ3) is 5.56. The van der Waals surface area contributed by atoms with Crippen LogP contribution in [-0.4, -0.2) is 54.6 Å². The SMILES string of the molecule is CCC(C)N(Cc1ccccc1)C(=O)C1CCN(S(=O)(=O)c2ccc(NC)c([N+](=O)[O-])c2)CC1. The summed E-state index contributed by atoms with van der Waals surface area (Å²) in [5.74, 6) is -0.213. The first-order chi connectivity index (χ1) is 16.2. The molecule has 0 bridgehead atoms. The molecule has 9 nitrogen and oxygen atoms in total. The zero-order valence-electron chi connectivity index (χ0n) is 19.8. The Morgan fingerprint density at radius 3 is 2.41 bits per heavy atom. The fourth-order valence-electron chi connectivity index (χ4n) is 4.21. The van der Waals surface area contributed by atoms with Crippen LogP contribution in [0.5, 0.6) is 0 Å². The summed E-state index contributed by atoms with van der Waals surface area (Å²) < 4.78 is 27.6. The number of hydrogen-bond acceptors (Lipinski definition) is 6. The van der Waals surface area contributed by atoms with Crippen LogP contribution in [0, 0.1) is 16.0 Å². The maximum absolute atomic E-state index is 13.4. The highest BCUT2D eigenvalue weighted by Gasteiger charge is 2.35. The Kier molecular flexibility index (Phi) is 8.27. The molecule has 1 aliphatic heterocycles. The van der Waals surface area contributed by atoms with Crippen LogP contribution in [-0.2, 0) is 21.4 Å². The lowest BCUT2D eigenvalue weighted by atomic mass is 9.95. The number of carbonyl (C=O) groups excluding carboxylic acids is 1. The van der Waals surface area contributed by atoms with Gasteiger partial charge in [0.2, 0.25) is 15.9 Å². The summed E-state index contributed by atoms with van der Waals surface area (Å²) in [6, 6.07) is 13.8. The Hall–Kier alpha value is -2.98. The second-order valence-electron chi connectivity index (χ2n) is 8.57. The van der Waals surface area contributed by atoms with Crippen LogP contribution in [0.3, 0.4) is 0 Å². The highest BCUT2D eigenvalue weighted by molar-refractivity contribution is 7.89. The smallest absolute Gasteiger partial charge is 0.293 e. The topological polar surface area (TPSA) is 113 Å². The van der Waals surface area contributed by atoms with Gasteiger partial charge in [0.15, 0.2) is 0 Å². The van der Waals surface area contributed by atoms with Gasteiger partial charge in [-0.25, -0.2) is 8.42 Å². The van der Waals surface area contributed by atoms with Gasteiger partial charge in [-0.05, 0) is 43.9 Å². The Morgan fingerprint density at radius 2 is 1.85 bits per heavy atom. The van der Waals surface area contributed by atoms with Gasteiger partial charge >= 0.3 is 0 Å². The molecule has 1 amide bonds. The first-order valence-electron chi connectivity index (χ1n) is 11.5. The Morgan fingerprint density at radius 1 is 1.21 bits per heavy atom. The number of hydrogen-bond donors (Lipinski definition) is 1. The predicted molar refractivity (Wildman–Crippen MR) is 131 cm³/mol. The average molecular weight is 489 g/mol. The van der Waals surface area contributed by atoms with Gasteiger partial charge in [-0.15, -0.1) is 0 Å². The van der Waals surface area contributed by atoms with Crippen LogP contribution in [0.2, 0.25) is 0 Å². The second kappa shape index (κ2) is 11.0. The van der Waals surface area contributed by atoms with Crippen molar-refractivity contribution in [2.24, 2.45) is 5.92 Å². The maximum Gasteiger partial charge on any atom is 0.293 e. The molecular weight excluding hydrogens is 456 g/mol. The van der Waals surface area contributed by atoms with E-state index in [0.717, 1.165) is 18.1 Å². The third-order valence-electron chi connectivity index (χ3n) is 6.48. The van der Waals surface area contributed by atoms with E-state index in [1.54, 1.807) is 7.05 Å². The van der Waals surface area contributed by atoms with E-state index in [-0.39, 0.29) is 47.2 Å². The molecule has 2 aromatic rings. The van der Waals surface area contributed by atoms with E-state index in [4.69, 9.17) is 0 Å². The lowest BCUT2D eigenvalue weighted by Crippen LogP contribution is -2.46. The van der Waals surface area contributed by atoms with Crippen molar-refractivity contribution in [1.82, 2.24) is 9.21 Å². The van der Waals surface area contributed by atoms with Crippen LogP contribution in [0.25, 0.3) is 0 Å². The molecule has 1 saturated heterocycles. The number of sulfonamides is 1. The van der Waals surface area contributed by atoms with Gasteiger partial charge in [-0.2, -0.15) is 4.31 Å². The molecule has 10 heteroatoms. The Balaban J connectivity index is 1.72. The van der Waals surface area contributed by atoms with Crippen molar-refractivity contribution in [3.8, 4) is 0 Å². The summed E-state index contributed by atoms with van der Waals surface area (Å²) in [4.78, 5) is 25.9. The largest absolute Gasteiger partial charge is 0.383 e. The monoisotopic (exact) mass is 488 g/mol. The molecule has 1 fully saturated rings. The number of piperidine rings is 1. The molecule has 1 aliphatic rings. The van der Waals surface area contributed by atoms with Crippen molar-refractivity contribution in [3.63, 3.8) is 0 Å². The average Bonchev–Trinajstić information content (AvgIpc) is 2.86. The number of nitrogens with one attached hydrogen (secondary N) is 1. The first kappa shape index (κ1) is 25.6. The number of anilines is 1. The molecule has 1 atom stereocenters. The van der Waals surface area contributed by atoms with Gasteiger partial charge < -0.3 is 10.2 Å². The number of nitro groups is 1. The van der Waals surface area contributed by atoms with Crippen LogP contribution in [0.4, 0.5) is 11.4 Å². The number of amides is 1. The minimum atomic E-state index is -3.91. The maximum atomic E-state index is 13.4. The van der Waals surface area contributed by atoms with Crippen molar-refractivity contribution in [2.45, 2.75) is 50.6 Å². The minimum Gasteiger partial charge on any atom is -0.383 e. The third-order valence-corrected chi connectivity index (χ3v) is 8.37. The number of rotatable bonds is 9. The van der Waals surface area contributed by atoms with Gasteiger partial charge in [0.1, 0.15) is 5.69 Å². The van der Waals surface area contributed by atoms with Gasteiger partial charge in [-0.1, -0.05) is 37.3 Å². The standard InChI is InChI=1S/C24H32N4O5S/c1-4-18(2)27(17-19-8-6-5-7-9-19)24(29)20-12-14-26(15-13-20)34(32,33)21-10-11-22(25-3)23(16-21)28(30)31/h5-11,16,18,20,25H,4,12-15,17H2,1-3H3. The normalized spacial score (nSPS) is 16.1. The molecule has 0 aliphatic carbocycles. The molecule has 184 valence electrons. The van der Waals surface area contributed by atoms with Gasteiger partial charge in [0.25, 0.3) is 5.69 Å². The Bertz CT molecular complexity index is 1120. The van der Waals surface area contributed by atoms with E-state index in [1.165, 1.54) is 16.4 Å². The van der Waals surface area contributed by atoms with Crippen LogP contribution < -0.4 is 5.32 Å². The highest BCUT2D eigenvalue weighted by Crippen LogP contribution is 2.31. The van der Waals surface area contributed by atoms with Crippen LogP contribution in [0.15, 0.2) is 53.4 Å². The quantitative estimate of drug-likeness (QED) is 0.424. The lowest BCUT2D eigenvalue weighted by molar-refractivity contribution is -0.384. The summed E-state index contributed by atoms with van der Waals surface area (Å²) in [5, 5.41) is 14.0. The second-order valence-corrected chi connectivity index (χ2v) is 10.5. The van der Waals surface area contributed by atoms with Crippen molar-refractivity contribution >= 4 is 27.3 Å². The summed E-state index contributed by atoms with van der Waals surface area (Å²) in [7, 11) is -2.37. The zero-order valence-corrected chi connectivity index (χ0v) is 20.6. The summed E-state index contributed by atoms with van der Waals surface area (Å²) in [6.07, 6.45) is 1.65. The van der Waals surface area contributed by atoms with E-state index >= 15 is 0 Å². The van der Waals surface area contributed by atoms with E-state index in [1.807, 2.05) is 49.1 Å². The number of nitrogens with zero attached hydrogens (tertiary/aromatic N) is 3. The molecule has 1 N–H and O–H groups in total. The van der Waals surface area contributed by atoms with Crippen LogP contribution >= 0.6 is 0 Å². The number of nitro benzene ring substituents is 1. The van der Waals surface area contributed by atoms with E-state index in [9.17, 15) is 23.3 Å². The van der Waals surface area contributed by atoms with Crippen molar-refractivity contribution < 1.29 is 18.1 Å². The fourth-order valence-corrected chi connectivity index (χ4v) is 5.70. The number of carbonyl (C=O) groups is 1. The van der Waals surface area contributed by atoms with Gasteiger partial charge in [0.05, 0.1) is 9.82 Å². The lowest BCUT2D eigenvalue weighted by Gasteiger charge is -2.36. The van der Waals surface area contributed by atoms with E-state index < -0.39 is 14.9 Å². The molecule has 0 saturated carbocycles. The summed E-state index contributed by atoms with van der Waals surface area (Å²) in [6.45, 7) is 4.99. The first-order valence-corrected chi connectivity index (χ1v) is 12.9. The fraction of sp³-hybridized carbons (Fsp3) is 0.458. The summed E-state index contributed by atoms with van der Waals surface area (Å²) >= 11 is 0. The van der Waals surface area contributed by atoms with E-state index in [2.05, 4.69) is 5.32 Å². The van der Waals surface area contributed by atoms with Gasteiger partial charge in [-0.3, -0.25) is 14.9 Å². The highest BCUT2D eigenvalue weighted by atomic mass is 32.2. The molecule has 3 rings (SSSR count). The minimum absolute atomic E-state index is 0.0456. The molecule has 1 unspecified atom stereocenters. The molecule has 1 heterocycles. The zero-order chi connectivity index (χ0) is 24.9. The van der Waals surface area contributed by atoms with Crippen molar-refractivity contribution in [1.29, 1.82) is 0 Å². The molecular formula is C24H32N4O5S. The summed E-state index contributed by atoms with van der Waals surface area (Å²) in [5.41, 5.74) is 1.01. The predicted octanol–water partition coefficient (Wildman–Crippen LogP) is 3.86. The molecule has 0 spiro atoms. The Labute approximate surface area is 201 Å². The molecule has 34 heavy (non-hydrogen) atoms. The van der Waals surface area contributed by atoms with Crippen molar-refractivity contribution in [3.05, 3.63) is 64.2 Å². The van der Waals surface area contributed by atoms with E-state index in [0.29, 0.717) is 19.4 Å². The molecule has 2 aromatic carbocycles. The van der Waals surface area contributed by atoms with Gasteiger partial charge in [0, 0.05) is 44.7 Å². The molecule has 0 aromatic heterocycles. The van der Waals surface area contributed by atoms with Crippen LogP contribution in [0.1, 0.15) is 38.7 Å². The number of benzene rings is 2. The molecule has 0 radical (unpaired) electrons.